The molecule has 1 N–H and O–H groups in total. The fraction of sp³-hybridized carbons (Fsp3) is 0.500. The summed E-state index contributed by atoms with van der Waals surface area (Å²) < 4.78 is 4.93. The Hall–Kier alpha value is -1.68. The van der Waals surface area contributed by atoms with Crippen molar-refractivity contribution in [3.05, 3.63) is 35.4 Å². The van der Waals surface area contributed by atoms with Crippen LogP contribution in [-0.4, -0.2) is 30.9 Å². The molecule has 0 aliphatic rings. The first kappa shape index (κ1) is 16.4. The Bertz CT molecular complexity index is 440. The molecule has 4 heteroatoms. The lowest BCUT2D eigenvalue weighted by atomic mass is 10.0. The average Bonchev–Trinajstić information content (AvgIpc) is 2.44. The molecule has 0 spiro atoms. The van der Waals surface area contributed by atoms with Crippen molar-refractivity contribution in [2.75, 3.05) is 13.2 Å². The Labute approximate surface area is 120 Å². The van der Waals surface area contributed by atoms with E-state index >= 15 is 0 Å². The SMILES string of the molecule is CCCNC(CC(=O)OCC)C(=O)c1ccc(C)cc1. The fourth-order valence-electron chi connectivity index (χ4n) is 1.88. The molecular weight excluding hydrogens is 254 g/mol. The van der Waals surface area contributed by atoms with Crippen LogP contribution in [0.15, 0.2) is 24.3 Å². The van der Waals surface area contributed by atoms with Crippen molar-refractivity contribution in [1.82, 2.24) is 5.32 Å². The molecule has 0 aliphatic carbocycles. The van der Waals surface area contributed by atoms with Crippen molar-refractivity contribution in [3.8, 4) is 0 Å². The van der Waals surface area contributed by atoms with E-state index in [0.29, 0.717) is 18.7 Å². The molecule has 20 heavy (non-hydrogen) atoms. The van der Waals surface area contributed by atoms with Gasteiger partial charge in [-0.1, -0.05) is 36.8 Å². The second kappa shape index (κ2) is 8.48. The molecule has 0 heterocycles. The lowest BCUT2D eigenvalue weighted by molar-refractivity contribution is -0.143. The van der Waals surface area contributed by atoms with E-state index in [9.17, 15) is 9.59 Å². The summed E-state index contributed by atoms with van der Waals surface area (Å²) in [6.45, 7) is 6.78. The highest BCUT2D eigenvalue weighted by atomic mass is 16.5. The molecule has 0 fully saturated rings. The summed E-state index contributed by atoms with van der Waals surface area (Å²) >= 11 is 0. The van der Waals surface area contributed by atoms with Gasteiger partial charge in [-0.2, -0.15) is 0 Å². The largest absolute Gasteiger partial charge is 0.466 e. The van der Waals surface area contributed by atoms with Crippen molar-refractivity contribution < 1.29 is 14.3 Å². The van der Waals surface area contributed by atoms with Gasteiger partial charge >= 0.3 is 5.97 Å². The molecule has 1 aromatic carbocycles. The molecule has 1 unspecified atom stereocenters. The number of nitrogens with one attached hydrogen (secondary N) is 1. The van der Waals surface area contributed by atoms with Crippen LogP contribution in [0.5, 0.6) is 0 Å². The van der Waals surface area contributed by atoms with Gasteiger partial charge in [-0.25, -0.2) is 0 Å². The summed E-state index contributed by atoms with van der Waals surface area (Å²) in [4.78, 5) is 24.0. The number of aryl methyl sites for hydroxylation is 1. The van der Waals surface area contributed by atoms with E-state index in [4.69, 9.17) is 4.74 Å². The third-order valence-electron chi connectivity index (χ3n) is 2.97. The minimum absolute atomic E-state index is 0.0634. The van der Waals surface area contributed by atoms with Crippen LogP contribution in [0.3, 0.4) is 0 Å². The Balaban J connectivity index is 2.77. The molecule has 1 rings (SSSR count). The molecule has 0 aromatic heterocycles. The summed E-state index contributed by atoms with van der Waals surface area (Å²) in [6.07, 6.45) is 0.973. The smallest absolute Gasteiger partial charge is 0.307 e. The number of ether oxygens (including phenoxy) is 1. The highest BCUT2D eigenvalue weighted by Gasteiger charge is 2.23. The van der Waals surface area contributed by atoms with E-state index in [1.54, 1.807) is 19.1 Å². The van der Waals surface area contributed by atoms with E-state index in [2.05, 4.69) is 5.32 Å². The lowest BCUT2D eigenvalue weighted by Crippen LogP contribution is -2.39. The zero-order valence-electron chi connectivity index (χ0n) is 12.4. The Morgan fingerprint density at radius 2 is 1.85 bits per heavy atom. The van der Waals surface area contributed by atoms with Gasteiger partial charge in [0.05, 0.1) is 19.1 Å². The highest BCUT2D eigenvalue weighted by molar-refractivity contribution is 6.01. The van der Waals surface area contributed by atoms with E-state index in [1.165, 1.54) is 0 Å². The maximum atomic E-state index is 12.4. The van der Waals surface area contributed by atoms with Gasteiger partial charge < -0.3 is 10.1 Å². The Morgan fingerprint density at radius 3 is 2.40 bits per heavy atom. The zero-order chi connectivity index (χ0) is 15.0. The maximum absolute atomic E-state index is 12.4. The molecule has 0 aliphatic heterocycles. The molecule has 1 aromatic rings. The van der Waals surface area contributed by atoms with Crippen LogP contribution in [0.1, 0.15) is 42.6 Å². The molecular formula is C16H23NO3. The van der Waals surface area contributed by atoms with Crippen molar-refractivity contribution in [2.45, 2.75) is 39.7 Å². The van der Waals surface area contributed by atoms with Crippen LogP contribution < -0.4 is 5.32 Å². The van der Waals surface area contributed by atoms with Gasteiger partial charge in [0.2, 0.25) is 0 Å². The zero-order valence-corrected chi connectivity index (χ0v) is 12.4. The second-order valence-corrected chi connectivity index (χ2v) is 4.75. The van der Waals surface area contributed by atoms with Crippen LogP contribution in [0.25, 0.3) is 0 Å². The molecule has 4 nitrogen and oxygen atoms in total. The van der Waals surface area contributed by atoms with E-state index < -0.39 is 6.04 Å². The van der Waals surface area contributed by atoms with Crippen LogP contribution in [0, 0.1) is 6.92 Å². The fourth-order valence-corrected chi connectivity index (χ4v) is 1.88. The molecule has 0 saturated heterocycles. The number of benzene rings is 1. The third-order valence-corrected chi connectivity index (χ3v) is 2.97. The number of hydrogen-bond acceptors (Lipinski definition) is 4. The standard InChI is InChI=1S/C16H23NO3/c1-4-10-17-14(11-15(18)20-5-2)16(19)13-8-6-12(3)7-9-13/h6-9,14,17H,4-5,10-11H2,1-3H3. The predicted octanol–water partition coefficient (Wildman–Crippen LogP) is 2.50. The molecule has 110 valence electrons. The summed E-state index contributed by atoms with van der Waals surface area (Å²) in [5, 5.41) is 3.12. The number of Topliss-reactive ketones (excluding diaryl/α,β-unsaturated/α-hetero) is 1. The van der Waals surface area contributed by atoms with Gasteiger partial charge in [-0.3, -0.25) is 9.59 Å². The summed E-state index contributed by atoms with van der Waals surface area (Å²) in [5.41, 5.74) is 1.72. The van der Waals surface area contributed by atoms with Gasteiger partial charge in [0, 0.05) is 5.56 Å². The second-order valence-electron chi connectivity index (χ2n) is 4.75. The number of ketones is 1. The minimum atomic E-state index is -0.517. The third kappa shape index (κ3) is 5.13. The highest BCUT2D eigenvalue weighted by Crippen LogP contribution is 2.09. The first-order chi connectivity index (χ1) is 9.58. The number of carbonyl (C=O) groups is 2. The van der Waals surface area contributed by atoms with E-state index in [-0.39, 0.29) is 18.2 Å². The first-order valence-electron chi connectivity index (χ1n) is 7.08. The summed E-state index contributed by atoms with van der Waals surface area (Å²) in [6, 6.07) is 6.87. The average molecular weight is 277 g/mol. The molecule has 1 atom stereocenters. The van der Waals surface area contributed by atoms with Gasteiger partial charge in [-0.15, -0.1) is 0 Å². The van der Waals surface area contributed by atoms with E-state index in [0.717, 1.165) is 12.0 Å². The van der Waals surface area contributed by atoms with Crippen LogP contribution in [0.2, 0.25) is 0 Å². The predicted molar refractivity (Wildman–Crippen MR) is 78.8 cm³/mol. The lowest BCUT2D eigenvalue weighted by Gasteiger charge is -2.16. The van der Waals surface area contributed by atoms with Crippen LogP contribution >= 0.6 is 0 Å². The molecule has 0 saturated carbocycles. The van der Waals surface area contributed by atoms with E-state index in [1.807, 2.05) is 26.0 Å². The summed E-state index contributed by atoms with van der Waals surface area (Å²) in [7, 11) is 0. The van der Waals surface area contributed by atoms with Gasteiger partial charge in [-0.05, 0) is 26.8 Å². The summed E-state index contributed by atoms with van der Waals surface area (Å²) in [5.74, 6) is -0.409. The molecule has 0 bridgehead atoms. The van der Waals surface area contributed by atoms with Crippen molar-refractivity contribution in [2.24, 2.45) is 0 Å². The number of esters is 1. The Kier molecular flexibility index (Phi) is 6.94. The van der Waals surface area contributed by atoms with Crippen LogP contribution in [0.4, 0.5) is 0 Å². The number of rotatable bonds is 8. The number of carbonyl (C=O) groups excluding carboxylic acids is 2. The van der Waals surface area contributed by atoms with Crippen molar-refractivity contribution in [1.29, 1.82) is 0 Å². The van der Waals surface area contributed by atoms with Gasteiger partial charge in [0.15, 0.2) is 5.78 Å². The van der Waals surface area contributed by atoms with Crippen LogP contribution in [-0.2, 0) is 9.53 Å². The van der Waals surface area contributed by atoms with Gasteiger partial charge in [0.1, 0.15) is 0 Å². The molecule has 0 amide bonds. The quantitative estimate of drug-likeness (QED) is 0.586. The normalized spacial score (nSPS) is 11.9. The van der Waals surface area contributed by atoms with Crippen molar-refractivity contribution in [3.63, 3.8) is 0 Å². The molecule has 0 radical (unpaired) electrons. The van der Waals surface area contributed by atoms with Gasteiger partial charge in [0.25, 0.3) is 0 Å². The number of hydrogen-bond donors (Lipinski definition) is 1. The van der Waals surface area contributed by atoms with Crippen molar-refractivity contribution >= 4 is 11.8 Å². The first-order valence-corrected chi connectivity index (χ1v) is 7.08. The topological polar surface area (TPSA) is 55.4 Å². The monoisotopic (exact) mass is 277 g/mol. The maximum Gasteiger partial charge on any atom is 0.307 e. The minimum Gasteiger partial charge on any atom is -0.466 e. The Morgan fingerprint density at radius 1 is 1.20 bits per heavy atom.